The third kappa shape index (κ3) is 3.47. The first-order valence-electron chi connectivity index (χ1n) is 10.0. The van der Waals surface area contributed by atoms with Gasteiger partial charge < -0.3 is 20.4 Å². The Morgan fingerprint density at radius 2 is 2.21 bits per heavy atom. The van der Waals surface area contributed by atoms with Crippen LogP contribution in [0, 0.1) is 0 Å². The second-order valence-electron chi connectivity index (χ2n) is 7.94. The van der Waals surface area contributed by atoms with Gasteiger partial charge in [-0.15, -0.1) is 0 Å². The Morgan fingerprint density at radius 1 is 1.31 bits per heavy atom. The maximum Gasteiger partial charge on any atom is 0.261 e. The van der Waals surface area contributed by atoms with Gasteiger partial charge in [0.15, 0.2) is 6.10 Å². The van der Waals surface area contributed by atoms with E-state index >= 15 is 0 Å². The van der Waals surface area contributed by atoms with Gasteiger partial charge in [-0.3, -0.25) is 4.79 Å². The van der Waals surface area contributed by atoms with Crippen LogP contribution < -0.4 is 15.4 Å². The molecule has 4 heterocycles. The van der Waals surface area contributed by atoms with E-state index in [1.165, 1.54) is 0 Å². The Bertz CT molecular complexity index is 1080. The van der Waals surface area contributed by atoms with Crippen molar-refractivity contribution in [2.45, 2.75) is 44.4 Å². The second-order valence-corrected chi connectivity index (χ2v) is 8.37. The van der Waals surface area contributed by atoms with Gasteiger partial charge in [-0.25, -0.2) is 4.98 Å². The van der Waals surface area contributed by atoms with Crippen LogP contribution in [0.15, 0.2) is 36.7 Å². The lowest BCUT2D eigenvalue weighted by Crippen LogP contribution is -2.49. The SMILES string of the molecule is C[C@H]1C[C@H](NC(=O)[C@@H]2Cc3cc(Cl)cc(-c4ccnc5[nH]ccc45)c3O2)CCN1. The van der Waals surface area contributed by atoms with Crippen molar-refractivity contribution in [2.75, 3.05) is 6.54 Å². The molecule has 29 heavy (non-hydrogen) atoms. The molecular weight excluding hydrogens is 388 g/mol. The van der Waals surface area contributed by atoms with Gasteiger partial charge in [0.2, 0.25) is 0 Å². The topological polar surface area (TPSA) is 79.0 Å². The Hall–Kier alpha value is -2.57. The maximum absolute atomic E-state index is 12.9. The molecule has 1 aromatic carbocycles. The first-order valence-corrected chi connectivity index (χ1v) is 10.4. The average Bonchev–Trinajstić information content (AvgIpc) is 3.34. The van der Waals surface area contributed by atoms with Gasteiger partial charge in [-0.05, 0) is 56.1 Å². The van der Waals surface area contributed by atoms with Crippen LogP contribution >= 0.6 is 11.6 Å². The van der Waals surface area contributed by atoms with Gasteiger partial charge in [-0.2, -0.15) is 0 Å². The second kappa shape index (κ2) is 7.35. The fraction of sp³-hybridized carbons (Fsp3) is 0.364. The third-order valence-electron chi connectivity index (χ3n) is 5.81. The number of ether oxygens (including phenoxy) is 1. The molecule has 0 bridgehead atoms. The average molecular weight is 411 g/mol. The van der Waals surface area contributed by atoms with Crippen LogP contribution in [0.2, 0.25) is 5.02 Å². The summed E-state index contributed by atoms with van der Waals surface area (Å²) in [6, 6.07) is 8.34. The lowest BCUT2D eigenvalue weighted by atomic mass is 9.98. The maximum atomic E-state index is 12.9. The molecule has 0 aliphatic carbocycles. The molecule has 6 nitrogen and oxygen atoms in total. The van der Waals surface area contributed by atoms with Crippen molar-refractivity contribution in [3.8, 4) is 16.9 Å². The number of hydrogen-bond donors (Lipinski definition) is 3. The van der Waals surface area contributed by atoms with Crippen LogP contribution in [0.5, 0.6) is 5.75 Å². The van der Waals surface area contributed by atoms with E-state index in [2.05, 4.69) is 27.5 Å². The van der Waals surface area contributed by atoms with Crippen LogP contribution in [0.25, 0.3) is 22.2 Å². The van der Waals surface area contributed by atoms with Crippen LogP contribution in [0.1, 0.15) is 25.3 Å². The molecule has 0 saturated carbocycles. The lowest BCUT2D eigenvalue weighted by Gasteiger charge is -2.29. The standard InChI is InChI=1S/C22H23ClN4O2/c1-12-8-15(2-5-24-12)27-22(28)19-10-13-9-14(23)11-18(20(13)29-19)16-3-6-25-21-17(16)4-7-26-21/h3-4,6-7,9,11-12,15,19,24H,2,5,8,10H2,1H3,(H,25,26)(H,27,28)/t12-,15+,19-/m0/s1. The number of fused-ring (bicyclic) bond motifs is 2. The summed E-state index contributed by atoms with van der Waals surface area (Å²) < 4.78 is 6.19. The molecule has 3 N–H and O–H groups in total. The number of nitrogens with one attached hydrogen (secondary N) is 3. The van der Waals surface area contributed by atoms with Crippen molar-refractivity contribution in [1.29, 1.82) is 0 Å². The van der Waals surface area contributed by atoms with Crippen molar-refractivity contribution in [1.82, 2.24) is 20.6 Å². The van der Waals surface area contributed by atoms with Gasteiger partial charge >= 0.3 is 0 Å². The molecule has 5 rings (SSSR count). The molecular formula is C22H23ClN4O2. The highest BCUT2D eigenvalue weighted by Crippen LogP contribution is 2.43. The number of carbonyl (C=O) groups excluding carboxylic acids is 1. The van der Waals surface area contributed by atoms with E-state index in [0.29, 0.717) is 17.5 Å². The van der Waals surface area contributed by atoms with Crippen molar-refractivity contribution < 1.29 is 9.53 Å². The van der Waals surface area contributed by atoms with E-state index in [9.17, 15) is 4.79 Å². The van der Waals surface area contributed by atoms with Crippen LogP contribution in [-0.2, 0) is 11.2 Å². The van der Waals surface area contributed by atoms with Gasteiger partial charge in [0, 0.05) is 52.4 Å². The first kappa shape index (κ1) is 18.5. The molecule has 150 valence electrons. The van der Waals surface area contributed by atoms with Gasteiger partial charge in [0.25, 0.3) is 5.91 Å². The predicted molar refractivity (Wildman–Crippen MR) is 113 cm³/mol. The normalized spacial score (nSPS) is 23.6. The molecule has 2 aromatic heterocycles. The molecule has 3 atom stereocenters. The molecule has 0 unspecified atom stereocenters. The summed E-state index contributed by atoms with van der Waals surface area (Å²) in [5.74, 6) is 0.686. The molecule has 2 aliphatic rings. The summed E-state index contributed by atoms with van der Waals surface area (Å²) in [5, 5.41) is 8.21. The van der Waals surface area contributed by atoms with E-state index in [1.54, 1.807) is 6.20 Å². The number of halogens is 1. The van der Waals surface area contributed by atoms with Gasteiger partial charge in [-0.1, -0.05) is 11.6 Å². The highest BCUT2D eigenvalue weighted by atomic mass is 35.5. The van der Waals surface area contributed by atoms with Crippen molar-refractivity contribution in [2.24, 2.45) is 0 Å². The minimum absolute atomic E-state index is 0.0520. The highest BCUT2D eigenvalue weighted by molar-refractivity contribution is 6.31. The van der Waals surface area contributed by atoms with Crippen molar-refractivity contribution >= 4 is 28.5 Å². The molecule has 1 saturated heterocycles. The molecule has 1 fully saturated rings. The number of aromatic nitrogens is 2. The monoisotopic (exact) mass is 410 g/mol. The Labute approximate surface area is 174 Å². The number of hydrogen-bond acceptors (Lipinski definition) is 4. The summed E-state index contributed by atoms with van der Waals surface area (Å²) >= 11 is 6.42. The number of H-pyrrole nitrogens is 1. The van der Waals surface area contributed by atoms with Crippen LogP contribution in [0.3, 0.4) is 0 Å². The number of piperidine rings is 1. The highest BCUT2D eigenvalue weighted by Gasteiger charge is 2.33. The number of pyridine rings is 1. The van der Waals surface area contributed by atoms with E-state index in [-0.39, 0.29) is 11.9 Å². The Kier molecular flexibility index (Phi) is 4.68. The van der Waals surface area contributed by atoms with Crippen LogP contribution in [0.4, 0.5) is 0 Å². The van der Waals surface area contributed by atoms with Crippen molar-refractivity contribution in [3.63, 3.8) is 0 Å². The quantitative estimate of drug-likeness (QED) is 0.618. The minimum atomic E-state index is -0.532. The summed E-state index contributed by atoms with van der Waals surface area (Å²) in [7, 11) is 0. The third-order valence-corrected chi connectivity index (χ3v) is 6.03. The number of nitrogens with zero attached hydrogens (tertiary/aromatic N) is 1. The van der Waals surface area contributed by atoms with E-state index < -0.39 is 6.10 Å². The molecule has 1 amide bonds. The summed E-state index contributed by atoms with van der Waals surface area (Å²) in [6.07, 6.45) is 5.50. The van der Waals surface area contributed by atoms with Gasteiger partial charge in [0.1, 0.15) is 11.4 Å². The Morgan fingerprint density at radius 3 is 3.07 bits per heavy atom. The summed E-state index contributed by atoms with van der Waals surface area (Å²) in [4.78, 5) is 20.4. The summed E-state index contributed by atoms with van der Waals surface area (Å²) in [6.45, 7) is 3.07. The minimum Gasteiger partial charge on any atom is -0.479 e. The van der Waals surface area contributed by atoms with E-state index in [4.69, 9.17) is 16.3 Å². The zero-order chi connectivity index (χ0) is 20.0. The fourth-order valence-corrected chi connectivity index (χ4v) is 4.66. The number of rotatable bonds is 3. The molecule has 0 radical (unpaired) electrons. The molecule has 3 aromatic rings. The lowest BCUT2D eigenvalue weighted by molar-refractivity contribution is -0.128. The van der Waals surface area contributed by atoms with Crippen LogP contribution in [-0.4, -0.2) is 40.6 Å². The molecule has 7 heteroatoms. The Balaban J connectivity index is 1.43. The zero-order valence-electron chi connectivity index (χ0n) is 16.2. The largest absolute Gasteiger partial charge is 0.479 e. The molecule has 2 aliphatic heterocycles. The van der Waals surface area contributed by atoms with Crippen molar-refractivity contribution in [3.05, 3.63) is 47.2 Å². The van der Waals surface area contributed by atoms with E-state index in [0.717, 1.165) is 52.9 Å². The van der Waals surface area contributed by atoms with Gasteiger partial charge in [0.05, 0.1) is 0 Å². The predicted octanol–water partition coefficient (Wildman–Crippen LogP) is 3.44. The number of carbonyl (C=O) groups is 1. The number of aromatic amines is 1. The fourth-order valence-electron chi connectivity index (χ4n) is 4.42. The van der Waals surface area contributed by atoms with E-state index in [1.807, 2.05) is 30.5 Å². The number of benzene rings is 1. The zero-order valence-corrected chi connectivity index (χ0v) is 16.9. The molecule has 0 spiro atoms. The first-order chi connectivity index (χ1) is 14.1. The smallest absolute Gasteiger partial charge is 0.261 e. The summed E-state index contributed by atoms with van der Waals surface area (Å²) in [5.41, 5.74) is 3.66. The number of amides is 1.